The molecular weight excluding hydrogens is 275 g/mol. The van der Waals surface area contributed by atoms with Crippen molar-refractivity contribution in [3.05, 3.63) is 16.3 Å². The van der Waals surface area contributed by atoms with Crippen LogP contribution in [0.15, 0.2) is 0 Å². The lowest BCUT2D eigenvalue weighted by atomic mass is 10.1. The van der Waals surface area contributed by atoms with Gasteiger partial charge in [-0.3, -0.25) is 0 Å². The fraction of sp³-hybridized carbons (Fsp3) is 0.545. The van der Waals surface area contributed by atoms with Gasteiger partial charge in [-0.05, 0) is 32.4 Å². The molecule has 1 atom stereocenters. The van der Waals surface area contributed by atoms with Crippen molar-refractivity contribution in [1.29, 1.82) is 0 Å². The highest BCUT2D eigenvalue weighted by Crippen LogP contribution is 2.36. The van der Waals surface area contributed by atoms with E-state index in [1.54, 1.807) is 0 Å². The van der Waals surface area contributed by atoms with Crippen LogP contribution in [0.5, 0.6) is 0 Å². The molecule has 7 heteroatoms. The normalized spacial score (nSPS) is 22.2. The van der Waals surface area contributed by atoms with Crippen molar-refractivity contribution in [3.63, 3.8) is 0 Å². The van der Waals surface area contributed by atoms with Gasteiger partial charge in [0, 0.05) is 0 Å². The Morgan fingerprint density at radius 2 is 2.00 bits per heavy atom. The summed E-state index contributed by atoms with van der Waals surface area (Å²) >= 11 is 11.9. The molecule has 0 N–H and O–H groups in total. The first-order valence-electron chi connectivity index (χ1n) is 5.65. The molecule has 2 aromatic heterocycles. The maximum absolute atomic E-state index is 6.07. The molecule has 0 aliphatic carbocycles. The van der Waals surface area contributed by atoms with Crippen molar-refractivity contribution in [2.24, 2.45) is 0 Å². The number of rotatable bonds is 0. The third-order valence-corrected chi connectivity index (χ3v) is 3.57. The van der Waals surface area contributed by atoms with Gasteiger partial charge in [0.1, 0.15) is 16.9 Å². The molecule has 96 valence electrons. The van der Waals surface area contributed by atoms with Gasteiger partial charge in [0.15, 0.2) is 10.8 Å². The standard InChI is InChI=1S/C11H12Cl2N4O/c1-5-4-18-11(2,3)9-14-6-7(12)15-10(13)16-8(6)17(5)9/h5H,4H2,1-3H3. The molecule has 18 heavy (non-hydrogen) atoms. The maximum Gasteiger partial charge on any atom is 0.225 e. The van der Waals surface area contributed by atoms with Crippen LogP contribution >= 0.6 is 23.2 Å². The first-order valence-corrected chi connectivity index (χ1v) is 6.41. The third kappa shape index (κ3) is 1.61. The average Bonchev–Trinajstić information content (AvgIpc) is 2.65. The minimum absolute atomic E-state index is 0.131. The van der Waals surface area contributed by atoms with Gasteiger partial charge >= 0.3 is 0 Å². The molecule has 0 fully saturated rings. The number of hydrogen-bond donors (Lipinski definition) is 0. The zero-order valence-electron chi connectivity index (χ0n) is 10.2. The quantitative estimate of drug-likeness (QED) is 0.552. The highest BCUT2D eigenvalue weighted by molar-refractivity contribution is 6.35. The zero-order chi connectivity index (χ0) is 13.1. The molecule has 5 nitrogen and oxygen atoms in total. The van der Waals surface area contributed by atoms with Crippen LogP contribution < -0.4 is 0 Å². The van der Waals surface area contributed by atoms with Gasteiger partial charge in [-0.15, -0.1) is 0 Å². The van der Waals surface area contributed by atoms with Crippen LogP contribution in [0.3, 0.4) is 0 Å². The molecule has 1 aliphatic heterocycles. The van der Waals surface area contributed by atoms with Gasteiger partial charge in [-0.1, -0.05) is 11.6 Å². The highest BCUT2D eigenvalue weighted by atomic mass is 35.5. The lowest BCUT2D eigenvalue weighted by molar-refractivity contribution is -0.0655. The van der Waals surface area contributed by atoms with Crippen LogP contribution in [0.2, 0.25) is 10.4 Å². The van der Waals surface area contributed by atoms with E-state index in [1.165, 1.54) is 0 Å². The molecule has 0 saturated heterocycles. The van der Waals surface area contributed by atoms with Crippen molar-refractivity contribution in [1.82, 2.24) is 19.5 Å². The second-order valence-electron chi connectivity index (χ2n) is 4.93. The second-order valence-corrected chi connectivity index (χ2v) is 5.63. The molecule has 0 radical (unpaired) electrons. The molecule has 0 aromatic carbocycles. The number of halogens is 2. The van der Waals surface area contributed by atoms with Gasteiger partial charge in [-0.25, -0.2) is 9.97 Å². The first-order chi connectivity index (χ1) is 8.40. The lowest BCUT2D eigenvalue weighted by Gasteiger charge is -2.34. The number of imidazole rings is 1. The average molecular weight is 287 g/mol. The molecule has 3 rings (SSSR count). The van der Waals surface area contributed by atoms with Gasteiger partial charge in [0.05, 0.1) is 12.6 Å². The van der Waals surface area contributed by atoms with E-state index in [1.807, 2.05) is 25.3 Å². The Balaban J connectivity index is 2.41. The summed E-state index contributed by atoms with van der Waals surface area (Å²) in [6.07, 6.45) is 0. The number of aromatic nitrogens is 4. The van der Waals surface area contributed by atoms with Crippen molar-refractivity contribution in [3.8, 4) is 0 Å². The number of ether oxygens (including phenoxy) is 1. The van der Waals surface area contributed by atoms with Crippen molar-refractivity contribution in [2.45, 2.75) is 32.4 Å². The maximum atomic E-state index is 6.07. The molecule has 2 aromatic rings. The fourth-order valence-electron chi connectivity index (χ4n) is 2.23. The predicted molar refractivity (Wildman–Crippen MR) is 69.0 cm³/mol. The van der Waals surface area contributed by atoms with Gasteiger partial charge in [0.25, 0.3) is 0 Å². The van der Waals surface area contributed by atoms with E-state index in [0.717, 1.165) is 5.82 Å². The summed E-state index contributed by atoms with van der Waals surface area (Å²) in [6.45, 7) is 6.59. The van der Waals surface area contributed by atoms with E-state index < -0.39 is 5.60 Å². The van der Waals surface area contributed by atoms with Gasteiger partial charge in [-0.2, -0.15) is 4.98 Å². The summed E-state index contributed by atoms with van der Waals surface area (Å²) in [7, 11) is 0. The van der Waals surface area contributed by atoms with Crippen LogP contribution in [-0.2, 0) is 10.3 Å². The van der Waals surface area contributed by atoms with Crippen molar-refractivity contribution >= 4 is 34.4 Å². The summed E-state index contributed by atoms with van der Waals surface area (Å²) in [5.41, 5.74) is 0.767. The molecule has 1 unspecified atom stereocenters. The van der Waals surface area contributed by atoms with Crippen LogP contribution in [0.1, 0.15) is 32.6 Å². The van der Waals surface area contributed by atoms with E-state index in [-0.39, 0.29) is 16.5 Å². The van der Waals surface area contributed by atoms with E-state index >= 15 is 0 Å². The Labute approximate surface area is 114 Å². The molecule has 0 spiro atoms. The molecule has 0 saturated carbocycles. The smallest absolute Gasteiger partial charge is 0.225 e. The minimum Gasteiger partial charge on any atom is -0.365 e. The van der Waals surface area contributed by atoms with E-state index in [4.69, 9.17) is 27.9 Å². The third-order valence-electron chi connectivity index (χ3n) is 3.13. The molecule has 0 bridgehead atoms. The summed E-state index contributed by atoms with van der Waals surface area (Å²) in [4.78, 5) is 12.7. The van der Waals surface area contributed by atoms with E-state index in [9.17, 15) is 0 Å². The zero-order valence-corrected chi connectivity index (χ0v) is 11.7. The predicted octanol–water partition coefficient (Wildman–Crippen LogP) is 2.96. The highest BCUT2D eigenvalue weighted by Gasteiger charge is 2.36. The Kier molecular flexibility index (Phi) is 2.56. The number of hydrogen-bond acceptors (Lipinski definition) is 4. The number of fused-ring (bicyclic) bond motifs is 3. The Hall–Kier alpha value is -0.910. The van der Waals surface area contributed by atoms with Crippen LogP contribution in [0.25, 0.3) is 11.2 Å². The SMILES string of the molecule is CC1COC(C)(C)c2nc3c(Cl)nc(Cl)nc3n21. The van der Waals surface area contributed by atoms with E-state index in [2.05, 4.69) is 15.0 Å². The molecule has 3 heterocycles. The van der Waals surface area contributed by atoms with Crippen LogP contribution in [-0.4, -0.2) is 26.1 Å². The summed E-state index contributed by atoms with van der Waals surface area (Å²) in [5.74, 6) is 0.801. The Morgan fingerprint density at radius 3 is 2.72 bits per heavy atom. The molecular formula is C11H12Cl2N4O. The van der Waals surface area contributed by atoms with Crippen molar-refractivity contribution in [2.75, 3.05) is 6.61 Å². The van der Waals surface area contributed by atoms with Crippen molar-refractivity contribution < 1.29 is 4.74 Å². The molecule has 1 aliphatic rings. The van der Waals surface area contributed by atoms with E-state index in [0.29, 0.717) is 17.8 Å². The second kappa shape index (κ2) is 3.79. The summed E-state index contributed by atoms with van der Waals surface area (Å²) in [5, 5.41) is 0.404. The number of nitrogens with zero attached hydrogens (tertiary/aromatic N) is 4. The lowest BCUT2D eigenvalue weighted by Crippen LogP contribution is -2.35. The summed E-state index contributed by atoms with van der Waals surface area (Å²) in [6, 6.07) is 0.139. The van der Waals surface area contributed by atoms with Gasteiger partial charge < -0.3 is 9.30 Å². The van der Waals surface area contributed by atoms with Gasteiger partial charge in [0.2, 0.25) is 5.28 Å². The Bertz CT molecular complexity index is 637. The first kappa shape index (κ1) is 12.1. The van der Waals surface area contributed by atoms with Crippen LogP contribution in [0.4, 0.5) is 0 Å². The summed E-state index contributed by atoms with van der Waals surface area (Å²) < 4.78 is 7.82. The van der Waals surface area contributed by atoms with Crippen LogP contribution in [0, 0.1) is 0 Å². The topological polar surface area (TPSA) is 52.8 Å². The Morgan fingerprint density at radius 1 is 1.28 bits per heavy atom. The monoisotopic (exact) mass is 286 g/mol. The molecule has 0 amide bonds. The fourth-order valence-corrected chi connectivity index (χ4v) is 2.64. The minimum atomic E-state index is -0.469. The largest absolute Gasteiger partial charge is 0.365 e.